The summed E-state index contributed by atoms with van der Waals surface area (Å²) in [5, 5.41) is 10.1. The van der Waals surface area contributed by atoms with Crippen LogP contribution in [0.4, 0.5) is 5.69 Å². The highest BCUT2D eigenvalue weighted by atomic mass is 35.5. The van der Waals surface area contributed by atoms with E-state index < -0.39 is 5.63 Å². The number of halogens is 1. The minimum absolute atomic E-state index is 0.0710. The fourth-order valence-corrected chi connectivity index (χ4v) is 4.31. The first-order valence-electron chi connectivity index (χ1n) is 7.54. The summed E-state index contributed by atoms with van der Waals surface area (Å²) in [4.78, 5) is 15.5. The Morgan fingerprint density at radius 1 is 1.29 bits per heavy atom. The molecule has 122 valence electrons. The van der Waals surface area contributed by atoms with E-state index in [1.165, 1.54) is 0 Å². The van der Waals surface area contributed by atoms with Crippen molar-refractivity contribution < 1.29 is 9.15 Å². The summed E-state index contributed by atoms with van der Waals surface area (Å²) in [6.07, 6.45) is 0. The number of nitriles is 1. The molecule has 0 amide bonds. The summed E-state index contributed by atoms with van der Waals surface area (Å²) >= 11 is 7.78. The minimum atomic E-state index is -0.601. The van der Waals surface area contributed by atoms with Crippen molar-refractivity contribution in [2.45, 2.75) is 10.6 Å². The molecule has 1 aromatic carbocycles. The number of hydrogen-bond donors (Lipinski definition) is 0. The zero-order valence-electron chi connectivity index (χ0n) is 12.7. The molecule has 24 heavy (non-hydrogen) atoms. The van der Waals surface area contributed by atoms with Crippen LogP contribution in [0.5, 0.6) is 0 Å². The van der Waals surface area contributed by atoms with E-state index in [0.717, 1.165) is 16.0 Å². The van der Waals surface area contributed by atoms with Gasteiger partial charge < -0.3 is 14.1 Å². The lowest BCUT2D eigenvalue weighted by atomic mass is 10.0. The zero-order valence-corrected chi connectivity index (χ0v) is 14.2. The average Bonchev–Trinajstić information content (AvgIpc) is 2.61. The fraction of sp³-hybridized carbons (Fsp3) is 0.294. The molecular formula is C17H13ClN2O3S. The van der Waals surface area contributed by atoms with E-state index in [-0.39, 0.29) is 5.56 Å². The molecule has 0 bridgehead atoms. The maximum absolute atomic E-state index is 12.4. The lowest BCUT2D eigenvalue weighted by molar-refractivity contribution is 0.122. The second-order valence-corrected chi connectivity index (χ2v) is 7.01. The first-order valence-corrected chi connectivity index (χ1v) is 8.91. The third kappa shape index (κ3) is 2.49. The third-order valence-electron chi connectivity index (χ3n) is 4.19. The van der Waals surface area contributed by atoms with Gasteiger partial charge >= 0.3 is 5.63 Å². The Bertz CT molecular complexity index is 913. The molecule has 0 N–H and O–H groups in total. The second kappa shape index (κ2) is 6.17. The Balaban J connectivity index is 1.98. The van der Waals surface area contributed by atoms with Crippen LogP contribution in [0.3, 0.4) is 0 Å². The van der Waals surface area contributed by atoms with Crippen molar-refractivity contribution in [1.29, 1.82) is 5.26 Å². The Morgan fingerprint density at radius 2 is 2.08 bits per heavy atom. The minimum Gasteiger partial charge on any atom is -0.421 e. The van der Waals surface area contributed by atoms with Crippen molar-refractivity contribution in [1.82, 2.24) is 0 Å². The highest BCUT2D eigenvalue weighted by Gasteiger charge is 2.29. The van der Waals surface area contributed by atoms with Crippen LogP contribution in [-0.2, 0) is 10.5 Å². The largest absolute Gasteiger partial charge is 0.421 e. The van der Waals surface area contributed by atoms with E-state index in [0.29, 0.717) is 48.5 Å². The van der Waals surface area contributed by atoms with Crippen LogP contribution in [0, 0.1) is 11.3 Å². The number of ether oxygens (including phenoxy) is 1. The maximum atomic E-state index is 12.4. The molecule has 7 heteroatoms. The Kier molecular flexibility index (Phi) is 4.01. The quantitative estimate of drug-likeness (QED) is 0.777. The summed E-state index contributed by atoms with van der Waals surface area (Å²) in [6.45, 7) is 2.46. The third-order valence-corrected chi connectivity index (χ3v) is 5.53. The van der Waals surface area contributed by atoms with Crippen molar-refractivity contribution in [2.75, 3.05) is 31.2 Å². The van der Waals surface area contributed by atoms with Crippen molar-refractivity contribution >= 4 is 29.1 Å². The molecule has 0 aliphatic carbocycles. The molecule has 5 nitrogen and oxygen atoms in total. The van der Waals surface area contributed by atoms with E-state index >= 15 is 0 Å². The number of thioether (sulfide) groups is 1. The average molecular weight is 361 g/mol. The number of nitrogens with zero attached hydrogens (tertiary/aromatic N) is 2. The molecule has 0 unspecified atom stereocenters. The summed E-state index contributed by atoms with van der Waals surface area (Å²) in [7, 11) is 0. The van der Waals surface area contributed by atoms with Gasteiger partial charge in [0.2, 0.25) is 0 Å². The van der Waals surface area contributed by atoms with Crippen molar-refractivity contribution in [2.24, 2.45) is 0 Å². The van der Waals surface area contributed by atoms with E-state index in [1.807, 2.05) is 23.1 Å². The van der Waals surface area contributed by atoms with Gasteiger partial charge in [0.15, 0.2) is 5.56 Å². The SMILES string of the molecule is N#Cc1c(N2CCOCC2)c2c(oc1=O)-c1cc(Cl)ccc1SC2. The smallest absolute Gasteiger partial charge is 0.356 e. The molecule has 1 fully saturated rings. The molecule has 3 heterocycles. The van der Waals surface area contributed by atoms with Crippen molar-refractivity contribution in [3.63, 3.8) is 0 Å². The maximum Gasteiger partial charge on any atom is 0.356 e. The fourth-order valence-electron chi connectivity index (χ4n) is 3.10. The standard InChI is InChI=1S/C17H13ClN2O3S/c18-10-1-2-14-11(7-10)16-13(9-24-14)15(12(8-19)17(21)23-16)20-3-5-22-6-4-20/h1-2,7H,3-6,9H2. The van der Waals surface area contributed by atoms with Crippen molar-refractivity contribution in [3.05, 3.63) is 44.8 Å². The molecule has 0 radical (unpaired) electrons. The van der Waals surface area contributed by atoms with Gasteiger partial charge in [-0.05, 0) is 18.2 Å². The molecule has 0 spiro atoms. The van der Waals surface area contributed by atoms with Crippen molar-refractivity contribution in [3.8, 4) is 17.4 Å². The van der Waals surface area contributed by atoms with Gasteiger partial charge in [-0.3, -0.25) is 0 Å². The predicted octanol–water partition coefficient (Wildman–Crippen LogP) is 3.27. The van der Waals surface area contributed by atoms with Gasteiger partial charge in [0.25, 0.3) is 0 Å². The highest BCUT2D eigenvalue weighted by Crippen LogP contribution is 2.45. The van der Waals surface area contributed by atoms with Gasteiger partial charge in [0, 0.05) is 39.9 Å². The molecule has 0 saturated carbocycles. The highest BCUT2D eigenvalue weighted by molar-refractivity contribution is 7.98. The van der Waals surface area contributed by atoms with Gasteiger partial charge in [0.1, 0.15) is 11.8 Å². The molecular weight excluding hydrogens is 348 g/mol. The predicted molar refractivity (Wildman–Crippen MR) is 92.7 cm³/mol. The number of benzene rings is 1. The summed E-state index contributed by atoms with van der Waals surface area (Å²) in [5.41, 5.74) is 1.85. The first-order chi connectivity index (χ1) is 11.7. The zero-order chi connectivity index (χ0) is 16.7. The van der Waals surface area contributed by atoms with Gasteiger partial charge in [-0.25, -0.2) is 4.79 Å². The number of hydrogen-bond acceptors (Lipinski definition) is 6. The summed E-state index contributed by atoms with van der Waals surface area (Å²) < 4.78 is 10.9. The van der Waals surface area contributed by atoms with E-state index in [4.69, 9.17) is 20.8 Å². The number of fused-ring (bicyclic) bond motifs is 3. The Morgan fingerprint density at radius 3 is 2.83 bits per heavy atom. The Labute approximate surface area is 147 Å². The van der Waals surface area contributed by atoms with Crippen LogP contribution in [0.15, 0.2) is 32.3 Å². The Hall–Kier alpha value is -1.94. The molecule has 2 aromatic rings. The second-order valence-electron chi connectivity index (χ2n) is 5.56. The molecule has 2 aliphatic heterocycles. The van der Waals surface area contributed by atoms with Gasteiger partial charge in [-0.1, -0.05) is 11.6 Å². The van der Waals surface area contributed by atoms with E-state index in [2.05, 4.69) is 0 Å². The number of rotatable bonds is 1. The molecule has 0 atom stereocenters. The van der Waals surface area contributed by atoms with Crippen LogP contribution in [-0.4, -0.2) is 26.3 Å². The van der Waals surface area contributed by atoms with Gasteiger partial charge in [0.05, 0.1) is 18.9 Å². The van der Waals surface area contributed by atoms with Gasteiger partial charge in [-0.2, -0.15) is 5.26 Å². The lowest BCUT2D eigenvalue weighted by Crippen LogP contribution is -2.38. The molecule has 2 aliphatic rings. The lowest BCUT2D eigenvalue weighted by Gasteiger charge is -2.32. The topological polar surface area (TPSA) is 66.5 Å². The van der Waals surface area contributed by atoms with Crippen LogP contribution in [0.25, 0.3) is 11.3 Å². The van der Waals surface area contributed by atoms with E-state index in [1.54, 1.807) is 17.8 Å². The van der Waals surface area contributed by atoms with E-state index in [9.17, 15) is 10.1 Å². The van der Waals surface area contributed by atoms with Crippen LogP contribution >= 0.6 is 23.4 Å². The molecule has 1 saturated heterocycles. The molecule has 1 aromatic heterocycles. The van der Waals surface area contributed by atoms with Crippen LogP contribution < -0.4 is 10.5 Å². The normalized spacial score (nSPS) is 16.2. The monoisotopic (exact) mass is 360 g/mol. The number of anilines is 1. The molecule has 4 rings (SSSR count). The number of morpholine rings is 1. The van der Waals surface area contributed by atoms with Crippen LogP contribution in [0.2, 0.25) is 5.02 Å². The first kappa shape index (κ1) is 15.6. The van der Waals surface area contributed by atoms with Crippen LogP contribution in [0.1, 0.15) is 11.1 Å². The summed E-state index contributed by atoms with van der Waals surface area (Å²) in [5.74, 6) is 1.17. The van der Waals surface area contributed by atoms with Gasteiger partial charge in [-0.15, -0.1) is 11.8 Å². The summed E-state index contributed by atoms with van der Waals surface area (Å²) in [6, 6.07) is 7.58.